The molecule has 0 saturated heterocycles. The molecule has 0 amide bonds. The second-order valence-corrected chi connectivity index (χ2v) is 5.62. The number of hydrogen-bond donors (Lipinski definition) is 1. The molecule has 0 radical (unpaired) electrons. The number of nitrogens with two attached hydrogens (primary N) is 1. The number of nitrogen functional groups attached to an aromatic ring is 1. The van der Waals surface area contributed by atoms with Crippen LogP contribution < -0.4 is 5.73 Å². The minimum absolute atomic E-state index is 0.0399. The fraction of sp³-hybridized carbons (Fsp3) is 0.0714. The normalized spacial score (nSPS) is 10.3. The van der Waals surface area contributed by atoms with Crippen LogP contribution in [0.2, 0.25) is 5.02 Å². The van der Waals surface area contributed by atoms with Crippen molar-refractivity contribution in [2.24, 2.45) is 0 Å². The van der Waals surface area contributed by atoms with Gasteiger partial charge in [0.15, 0.2) is 5.78 Å². The van der Waals surface area contributed by atoms with Crippen LogP contribution in [0.3, 0.4) is 0 Å². The van der Waals surface area contributed by atoms with E-state index in [1.807, 2.05) is 24.3 Å². The highest BCUT2D eigenvalue weighted by atomic mass is 127. The van der Waals surface area contributed by atoms with Crippen molar-refractivity contribution in [3.63, 3.8) is 0 Å². The Hall–Kier alpha value is -1.07. The summed E-state index contributed by atoms with van der Waals surface area (Å²) in [6.45, 7) is 0. The molecule has 2 N–H and O–H groups in total. The first-order valence-electron chi connectivity index (χ1n) is 5.39. The Morgan fingerprint density at radius 2 is 1.83 bits per heavy atom. The van der Waals surface area contributed by atoms with Crippen LogP contribution in [0, 0.1) is 3.57 Å². The predicted molar refractivity (Wildman–Crippen MR) is 83.1 cm³/mol. The molecule has 0 fully saturated rings. The highest BCUT2D eigenvalue weighted by Gasteiger charge is 2.08. The zero-order chi connectivity index (χ0) is 13.1. The highest BCUT2D eigenvalue weighted by Crippen LogP contribution is 2.20. The first kappa shape index (κ1) is 13.4. The molecule has 0 aliphatic carbocycles. The van der Waals surface area contributed by atoms with E-state index in [0.717, 1.165) is 9.13 Å². The quantitative estimate of drug-likeness (QED) is 0.504. The average Bonchev–Trinajstić information content (AvgIpc) is 2.35. The number of ketones is 1. The fourth-order valence-electron chi connectivity index (χ4n) is 1.59. The summed E-state index contributed by atoms with van der Waals surface area (Å²) in [4.78, 5) is 12.1. The van der Waals surface area contributed by atoms with E-state index in [0.29, 0.717) is 22.7 Å². The van der Waals surface area contributed by atoms with Crippen LogP contribution in [0.5, 0.6) is 0 Å². The van der Waals surface area contributed by atoms with Gasteiger partial charge in [-0.3, -0.25) is 4.79 Å². The third-order valence-corrected chi connectivity index (χ3v) is 3.65. The minimum Gasteiger partial charge on any atom is -0.398 e. The Kier molecular flexibility index (Phi) is 4.24. The van der Waals surface area contributed by atoms with E-state index in [9.17, 15) is 4.79 Å². The molecule has 0 aliphatic heterocycles. The van der Waals surface area contributed by atoms with E-state index in [4.69, 9.17) is 17.3 Å². The topological polar surface area (TPSA) is 43.1 Å². The number of hydrogen-bond acceptors (Lipinski definition) is 2. The third kappa shape index (κ3) is 3.23. The number of halogens is 2. The van der Waals surface area contributed by atoms with Crippen LogP contribution in [0.4, 0.5) is 5.69 Å². The predicted octanol–water partition coefficient (Wildman–Crippen LogP) is 3.95. The SMILES string of the molecule is Nc1ccc(C(=O)Cc2ccc(I)cc2)cc1Cl. The number of carbonyl (C=O) groups excluding carboxylic acids is 1. The first-order chi connectivity index (χ1) is 8.56. The van der Waals surface area contributed by atoms with Gasteiger partial charge in [-0.2, -0.15) is 0 Å². The average molecular weight is 372 g/mol. The van der Waals surface area contributed by atoms with E-state index in [1.54, 1.807) is 18.2 Å². The van der Waals surface area contributed by atoms with Crippen molar-refractivity contribution in [1.82, 2.24) is 0 Å². The molecule has 4 heteroatoms. The van der Waals surface area contributed by atoms with Gasteiger partial charge in [0.25, 0.3) is 0 Å². The summed E-state index contributed by atoms with van der Waals surface area (Å²) >= 11 is 8.14. The first-order valence-corrected chi connectivity index (χ1v) is 6.84. The van der Waals surface area contributed by atoms with Crippen LogP contribution in [-0.4, -0.2) is 5.78 Å². The minimum atomic E-state index is 0.0399. The van der Waals surface area contributed by atoms with Crippen molar-refractivity contribution in [2.45, 2.75) is 6.42 Å². The lowest BCUT2D eigenvalue weighted by atomic mass is 10.0. The number of anilines is 1. The molecule has 0 spiro atoms. The van der Waals surface area contributed by atoms with Crippen LogP contribution in [-0.2, 0) is 6.42 Å². The monoisotopic (exact) mass is 371 g/mol. The van der Waals surface area contributed by atoms with Gasteiger partial charge in [-0.05, 0) is 58.5 Å². The van der Waals surface area contributed by atoms with Gasteiger partial charge in [0.2, 0.25) is 0 Å². The van der Waals surface area contributed by atoms with Gasteiger partial charge in [-0.15, -0.1) is 0 Å². The molecule has 92 valence electrons. The summed E-state index contributed by atoms with van der Waals surface area (Å²) < 4.78 is 1.15. The summed E-state index contributed by atoms with van der Waals surface area (Å²) in [6.07, 6.45) is 0.372. The van der Waals surface area contributed by atoms with Gasteiger partial charge < -0.3 is 5.73 Å². The molecule has 0 aromatic heterocycles. The van der Waals surface area contributed by atoms with E-state index in [1.165, 1.54) is 0 Å². The Labute approximate surface area is 124 Å². The summed E-state index contributed by atoms with van der Waals surface area (Å²) in [7, 11) is 0. The molecule has 0 heterocycles. The molecule has 0 bridgehead atoms. The number of benzene rings is 2. The second-order valence-electron chi connectivity index (χ2n) is 3.96. The third-order valence-electron chi connectivity index (χ3n) is 2.60. The summed E-state index contributed by atoms with van der Waals surface area (Å²) in [5.41, 5.74) is 7.69. The summed E-state index contributed by atoms with van der Waals surface area (Å²) in [6, 6.07) is 12.9. The van der Waals surface area contributed by atoms with Crippen LogP contribution in [0.1, 0.15) is 15.9 Å². The van der Waals surface area contributed by atoms with Crippen LogP contribution in [0.25, 0.3) is 0 Å². The zero-order valence-corrected chi connectivity index (χ0v) is 12.4. The highest BCUT2D eigenvalue weighted by molar-refractivity contribution is 14.1. The van der Waals surface area contributed by atoms with E-state index < -0.39 is 0 Å². The van der Waals surface area contributed by atoms with Gasteiger partial charge in [-0.25, -0.2) is 0 Å². The lowest BCUT2D eigenvalue weighted by Gasteiger charge is -2.04. The number of Topliss-reactive ketones (excluding diaryl/α,β-unsaturated/α-hetero) is 1. The number of rotatable bonds is 3. The van der Waals surface area contributed by atoms with Gasteiger partial charge in [-0.1, -0.05) is 23.7 Å². The van der Waals surface area contributed by atoms with Crippen molar-refractivity contribution >= 4 is 45.7 Å². The van der Waals surface area contributed by atoms with Gasteiger partial charge in [0.1, 0.15) is 0 Å². The largest absolute Gasteiger partial charge is 0.398 e. The Bertz CT molecular complexity index is 581. The molecule has 18 heavy (non-hydrogen) atoms. The van der Waals surface area contributed by atoms with Crippen molar-refractivity contribution in [1.29, 1.82) is 0 Å². The molecule has 2 nitrogen and oxygen atoms in total. The molecular formula is C14H11ClINO. The molecule has 0 unspecified atom stereocenters. The fourth-order valence-corrected chi connectivity index (χ4v) is 2.13. The van der Waals surface area contributed by atoms with Gasteiger partial charge in [0.05, 0.1) is 10.7 Å². The zero-order valence-electron chi connectivity index (χ0n) is 9.49. The van der Waals surface area contributed by atoms with Crippen molar-refractivity contribution < 1.29 is 4.79 Å². The lowest BCUT2D eigenvalue weighted by Crippen LogP contribution is -2.04. The summed E-state index contributed by atoms with van der Waals surface area (Å²) in [5.74, 6) is 0.0399. The smallest absolute Gasteiger partial charge is 0.167 e. The van der Waals surface area contributed by atoms with Crippen LogP contribution in [0.15, 0.2) is 42.5 Å². The maximum absolute atomic E-state index is 12.1. The van der Waals surface area contributed by atoms with E-state index in [2.05, 4.69) is 22.6 Å². The molecule has 2 rings (SSSR count). The molecular weight excluding hydrogens is 361 g/mol. The molecule has 0 aliphatic rings. The molecule has 0 saturated carbocycles. The molecule has 2 aromatic carbocycles. The Morgan fingerprint density at radius 3 is 2.44 bits per heavy atom. The summed E-state index contributed by atoms with van der Waals surface area (Å²) in [5, 5.41) is 0.420. The maximum atomic E-state index is 12.1. The van der Waals surface area contributed by atoms with Gasteiger partial charge in [0, 0.05) is 15.6 Å². The lowest BCUT2D eigenvalue weighted by molar-refractivity contribution is 0.0993. The van der Waals surface area contributed by atoms with Crippen molar-refractivity contribution in [3.8, 4) is 0 Å². The maximum Gasteiger partial charge on any atom is 0.167 e. The second kappa shape index (κ2) is 5.71. The van der Waals surface area contributed by atoms with Crippen molar-refractivity contribution in [2.75, 3.05) is 5.73 Å². The van der Waals surface area contributed by atoms with E-state index in [-0.39, 0.29) is 5.78 Å². The molecule has 0 atom stereocenters. The Morgan fingerprint density at radius 1 is 1.17 bits per heavy atom. The van der Waals surface area contributed by atoms with Crippen LogP contribution >= 0.6 is 34.2 Å². The Balaban J connectivity index is 2.16. The van der Waals surface area contributed by atoms with E-state index >= 15 is 0 Å². The standard InChI is InChI=1S/C14H11ClINO/c15-12-8-10(3-6-13(12)17)14(18)7-9-1-4-11(16)5-2-9/h1-6,8H,7,17H2. The number of carbonyl (C=O) groups is 1. The van der Waals surface area contributed by atoms with Crippen molar-refractivity contribution in [3.05, 3.63) is 62.2 Å². The van der Waals surface area contributed by atoms with Gasteiger partial charge >= 0.3 is 0 Å². The molecule has 2 aromatic rings.